The average Bonchev–Trinajstić information content (AvgIpc) is 3.52. The number of hydrogen-bond acceptors (Lipinski definition) is 6. The number of hydrogen-bond donors (Lipinski definition) is 0. The van der Waals surface area contributed by atoms with Crippen LogP contribution in [0.1, 0.15) is 5.82 Å². The van der Waals surface area contributed by atoms with E-state index in [9.17, 15) is 13.2 Å². The predicted octanol–water partition coefficient (Wildman–Crippen LogP) is 4.72. The molecule has 3 heterocycles. The van der Waals surface area contributed by atoms with E-state index in [0.717, 1.165) is 11.1 Å². The van der Waals surface area contributed by atoms with Crippen molar-refractivity contribution < 1.29 is 37.7 Å². The molecular formula is C22H13F3IrN6O-2. The van der Waals surface area contributed by atoms with Crippen molar-refractivity contribution in [3.63, 3.8) is 0 Å². The van der Waals surface area contributed by atoms with E-state index in [1.54, 1.807) is 12.1 Å². The third-order valence-electron chi connectivity index (χ3n) is 3.98. The van der Waals surface area contributed by atoms with Crippen molar-refractivity contribution in [1.82, 2.24) is 30.4 Å². The summed E-state index contributed by atoms with van der Waals surface area (Å²) in [7, 11) is 0. The van der Waals surface area contributed by atoms with Gasteiger partial charge in [-0.15, -0.1) is 35.4 Å². The molecule has 0 saturated heterocycles. The number of halogens is 3. The number of rotatable bonds is 3. The zero-order valence-corrected chi connectivity index (χ0v) is 19.0. The standard InChI is InChI=1S/C14H9N2O.C8H4F3N4.Ir/c1-3-7-11(8-4-1)13-15-16-14(17-13)12-9-5-2-6-10-12;9-8(10,11)7-13-6(14-15-7)5-3-1-2-4-12-5;/h1-9H;1-4H;/q2*-1;. The van der Waals surface area contributed by atoms with E-state index < -0.39 is 12.0 Å². The summed E-state index contributed by atoms with van der Waals surface area (Å²) in [5, 5.41) is 14.3. The molecule has 7 nitrogen and oxygen atoms in total. The molecule has 0 unspecified atom stereocenters. The Bertz CT molecular complexity index is 1210. The molecule has 0 bridgehead atoms. The van der Waals surface area contributed by atoms with Crippen LogP contribution in [0.3, 0.4) is 0 Å². The van der Waals surface area contributed by atoms with Crippen molar-refractivity contribution in [2.75, 3.05) is 0 Å². The third kappa shape index (κ3) is 6.18. The van der Waals surface area contributed by atoms with E-state index >= 15 is 0 Å². The fourth-order valence-corrected chi connectivity index (χ4v) is 2.52. The summed E-state index contributed by atoms with van der Waals surface area (Å²) >= 11 is 0. The van der Waals surface area contributed by atoms with Crippen LogP contribution in [0.15, 0.2) is 83.4 Å². The minimum atomic E-state index is -4.57. The van der Waals surface area contributed by atoms with Crippen LogP contribution in [-0.4, -0.2) is 25.3 Å². The first-order valence-electron chi connectivity index (χ1n) is 9.23. The molecule has 3 aromatic heterocycles. The van der Waals surface area contributed by atoms with E-state index in [4.69, 9.17) is 4.42 Å². The summed E-state index contributed by atoms with van der Waals surface area (Å²) in [6, 6.07) is 25.1. The van der Waals surface area contributed by atoms with Gasteiger partial charge in [-0.2, -0.15) is 18.3 Å². The predicted molar refractivity (Wildman–Crippen MR) is 108 cm³/mol. The molecule has 5 aromatic rings. The second-order valence-electron chi connectivity index (χ2n) is 6.23. The second-order valence-corrected chi connectivity index (χ2v) is 6.23. The zero-order valence-electron chi connectivity index (χ0n) is 16.6. The Morgan fingerprint density at radius 1 is 0.848 bits per heavy atom. The van der Waals surface area contributed by atoms with Gasteiger partial charge in [0.15, 0.2) is 5.89 Å². The van der Waals surface area contributed by atoms with Crippen LogP contribution in [-0.2, 0) is 26.3 Å². The fourth-order valence-electron chi connectivity index (χ4n) is 2.52. The Labute approximate surface area is 199 Å². The van der Waals surface area contributed by atoms with Crippen LogP contribution < -0.4 is 5.10 Å². The van der Waals surface area contributed by atoms with Gasteiger partial charge in [-0.1, -0.05) is 29.8 Å². The van der Waals surface area contributed by atoms with Crippen molar-refractivity contribution in [3.8, 4) is 34.4 Å². The molecule has 0 atom stereocenters. The quantitative estimate of drug-likeness (QED) is 0.268. The molecule has 0 spiro atoms. The summed E-state index contributed by atoms with van der Waals surface area (Å²) in [5.41, 5.74) is 1.99. The molecule has 1 radical (unpaired) electrons. The second kappa shape index (κ2) is 10.8. The molecule has 0 aliphatic heterocycles. The number of aromatic nitrogens is 6. The van der Waals surface area contributed by atoms with Gasteiger partial charge in [0.05, 0.1) is 5.69 Å². The molecule has 33 heavy (non-hydrogen) atoms. The van der Waals surface area contributed by atoms with Gasteiger partial charge in [0, 0.05) is 31.9 Å². The van der Waals surface area contributed by atoms with E-state index in [1.165, 1.54) is 12.3 Å². The van der Waals surface area contributed by atoms with E-state index in [-0.39, 0.29) is 31.6 Å². The van der Waals surface area contributed by atoms with Crippen LogP contribution in [0.2, 0.25) is 0 Å². The number of nitrogens with zero attached hydrogens (tertiary/aromatic N) is 6. The van der Waals surface area contributed by atoms with Crippen molar-refractivity contribution in [2.45, 2.75) is 6.18 Å². The monoisotopic (exact) mass is 627 g/mol. The molecule has 0 amide bonds. The molecule has 169 valence electrons. The van der Waals surface area contributed by atoms with Crippen LogP contribution >= 0.6 is 0 Å². The largest absolute Gasteiger partial charge is 0.464 e. The maximum atomic E-state index is 12.1. The molecule has 5 rings (SSSR count). The summed E-state index contributed by atoms with van der Waals surface area (Å²) in [5.74, 6) is -0.353. The van der Waals surface area contributed by atoms with Gasteiger partial charge < -0.3 is 14.5 Å². The van der Waals surface area contributed by atoms with E-state index in [1.807, 2.05) is 54.6 Å². The summed E-state index contributed by atoms with van der Waals surface area (Å²) in [4.78, 5) is 7.05. The minimum Gasteiger partial charge on any atom is -0.464 e. The van der Waals surface area contributed by atoms with Gasteiger partial charge in [0.25, 0.3) is 0 Å². The maximum Gasteiger partial charge on any atom is 0.429 e. The molecule has 0 fully saturated rings. The van der Waals surface area contributed by atoms with E-state index in [0.29, 0.717) is 11.8 Å². The topological polar surface area (TPSA) is 91.7 Å². The van der Waals surface area contributed by atoms with E-state index in [2.05, 4.69) is 36.4 Å². The fraction of sp³-hybridized carbons (Fsp3) is 0.0455. The smallest absolute Gasteiger partial charge is 0.429 e. The average molecular weight is 627 g/mol. The molecule has 11 heteroatoms. The molecule has 0 aliphatic rings. The van der Waals surface area contributed by atoms with Crippen LogP contribution in [0, 0.1) is 6.07 Å². The van der Waals surface area contributed by atoms with Gasteiger partial charge in [-0.25, -0.2) is 0 Å². The molecule has 0 saturated carbocycles. The molecule has 0 aliphatic carbocycles. The number of alkyl halides is 3. The zero-order chi connectivity index (χ0) is 22.4. The van der Waals surface area contributed by atoms with Gasteiger partial charge in [-0.3, -0.25) is 10.1 Å². The first-order valence-corrected chi connectivity index (χ1v) is 9.23. The summed E-state index contributed by atoms with van der Waals surface area (Å²) in [6.45, 7) is 0. The maximum absolute atomic E-state index is 12.1. The Morgan fingerprint density at radius 3 is 2.21 bits per heavy atom. The molecular weight excluding hydrogens is 613 g/mol. The Balaban J connectivity index is 0.000000182. The van der Waals surface area contributed by atoms with Crippen molar-refractivity contribution in [3.05, 3.63) is 90.9 Å². The van der Waals surface area contributed by atoms with Crippen LogP contribution in [0.4, 0.5) is 13.2 Å². The molecule has 0 N–H and O–H groups in total. The summed E-state index contributed by atoms with van der Waals surface area (Å²) < 4.78 is 42.0. The first kappa shape index (κ1) is 24.0. The SMILES string of the molecule is FC(F)(F)c1n[n-]c(-c2ccccn2)n1.[Ir].[c-]1ccccc1-c1nnc(-c2ccccc2)o1. The van der Waals surface area contributed by atoms with Crippen LogP contribution in [0.5, 0.6) is 0 Å². The molecule has 2 aromatic carbocycles. The Kier molecular flexibility index (Phi) is 7.81. The van der Waals surface area contributed by atoms with Gasteiger partial charge in [0.1, 0.15) is 5.82 Å². The van der Waals surface area contributed by atoms with Gasteiger partial charge >= 0.3 is 6.18 Å². The number of pyridine rings is 1. The number of benzene rings is 2. The van der Waals surface area contributed by atoms with Crippen molar-refractivity contribution >= 4 is 0 Å². The van der Waals surface area contributed by atoms with Gasteiger partial charge in [0.2, 0.25) is 5.89 Å². The Morgan fingerprint density at radius 2 is 1.58 bits per heavy atom. The van der Waals surface area contributed by atoms with Crippen molar-refractivity contribution in [1.29, 1.82) is 0 Å². The third-order valence-corrected chi connectivity index (χ3v) is 3.98. The first-order chi connectivity index (χ1) is 15.5. The minimum absolute atomic E-state index is 0. The van der Waals surface area contributed by atoms with Gasteiger partial charge in [-0.05, 0) is 30.1 Å². The van der Waals surface area contributed by atoms with Crippen LogP contribution in [0.25, 0.3) is 34.4 Å². The normalized spacial score (nSPS) is 10.6. The Hall–Kier alpha value is -3.69. The van der Waals surface area contributed by atoms with Crippen molar-refractivity contribution in [2.24, 2.45) is 0 Å². The summed E-state index contributed by atoms with van der Waals surface area (Å²) in [6.07, 6.45) is -3.13.